The Bertz CT molecular complexity index is 1350. The van der Waals surface area contributed by atoms with E-state index in [9.17, 15) is 4.79 Å². The van der Waals surface area contributed by atoms with Crippen molar-refractivity contribution in [2.24, 2.45) is 5.10 Å². The molecule has 0 radical (unpaired) electrons. The van der Waals surface area contributed by atoms with E-state index in [-0.39, 0.29) is 5.91 Å². The van der Waals surface area contributed by atoms with Gasteiger partial charge in [0, 0.05) is 0 Å². The monoisotopic (exact) mass is 454 g/mol. The van der Waals surface area contributed by atoms with Gasteiger partial charge < -0.3 is 14.2 Å². The summed E-state index contributed by atoms with van der Waals surface area (Å²) in [5.41, 5.74) is 6.00. The smallest absolute Gasteiger partial charge is 0.275 e. The van der Waals surface area contributed by atoms with E-state index < -0.39 is 0 Å². The van der Waals surface area contributed by atoms with Gasteiger partial charge in [-0.1, -0.05) is 54.1 Å². The van der Waals surface area contributed by atoms with Crippen molar-refractivity contribution in [2.75, 3.05) is 14.2 Å². The summed E-state index contributed by atoms with van der Waals surface area (Å²) in [5, 5.41) is 6.05. The van der Waals surface area contributed by atoms with Gasteiger partial charge in [-0.2, -0.15) is 5.10 Å². The van der Waals surface area contributed by atoms with Crippen molar-refractivity contribution in [1.29, 1.82) is 0 Å². The van der Waals surface area contributed by atoms with Crippen molar-refractivity contribution in [3.8, 4) is 17.2 Å². The highest BCUT2D eigenvalue weighted by atomic mass is 16.5. The largest absolute Gasteiger partial charge is 0.496 e. The maximum absolute atomic E-state index is 12.7. The molecular weight excluding hydrogens is 428 g/mol. The predicted octanol–water partition coefficient (Wildman–Crippen LogP) is 5.51. The Balaban J connectivity index is 1.44. The normalized spacial score (nSPS) is 10.9. The van der Waals surface area contributed by atoms with Crippen molar-refractivity contribution in [1.82, 2.24) is 5.43 Å². The molecule has 0 bridgehead atoms. The quantitative estimate of drug-likeness (QED) is 0.282. The number of carbonyl (C=O) groups is 1. The van der Waals surface area contributed by atoms with Crippen LogP contribution in [0.2, 0.25) is 0 Å². The average molecular weight is 455 g/mol. The number of fused-ring (bicyclic) bond motifs is 1. The number of hydrogen-bond donors (Lipinski definition) is 1. The van der Waals surface area contributed by atoms with Crippen LogP contribution in [0.3, 0.4) is 0 Å². The Labute approximate surface area is 198 Å². The van der Waals surface area contributed by atoms with Crippen LogP contribution >= 0.6 is 0 Å². The molecule has 34 heavy (non-hydrogen) atoms. The third-order valence-electron chi connectivity index (χ3n) is 5.36. The molecule has 4 rings (SSSR count). The van der Waals surface area contributed by atoms with Crippen molar-refractivity contribution < 1.29 is 19.0 Å². The molecule has 0 aliphatic rings. The lowest BCUT2D eigenvalue weighted by atomic mass is 10.1. The minimum Gasteiger partial charge on any atom is -0.496 e. The van der Waals surface area contributed by atoms with E-state index in [0.29, 0.717) is 29.4 Å². The Morgan fingerprint density at radius 2 is 1.62 bits per heavy atom. The van der Waals surface area contributed by atoms with E-state index in [1.807, 2.05) is 67.6 Å². The molecule has 0 heterocycles. The third kappa shape index (κ3) is 5.35. The molecule has 0 aliphatic heterocycles. The summed E-state index contributed by atoms with van der Waals surface area (Å²) >= 11 is 0. The van der Waals surface area contributed by atoms with Crippen LogP contribution in [0.4, 0.5) is 0 Å². The van der Waals surface area contributed by atoms with Crippen LogP contribution in [0, 0.1) is 6.92 Å². The molecule has 0 saturated heterocycles. The third-order valence-corrected chi connectivity index (χ3v) is 5.36. The second-order valence-electron chi connectivity index (χ2n) is 7.79. The van der Waals surface area contributed by atoms with Gasteiger partial charge in [-0.05, 0) is 59.2 Å². The molecule has 0 spiro atoms. The van der Waals surface area contributed by atoms with Crippen molar-refractivity contribution >= 4 is 22.9 Å². The number of methoxy groups -OCH3 is 2. The Kier molecular flexibility index (Phi) is 7.08. The van der Waals surface area contributed by atoms with E-state index in [1.165, 1.54) is 5.56 Å². The number of ether oxygens (including phenoxy) is 3. The van der Waals surface area contributed by atoms with Crippen LogP contribution in [-0.4, -0.2) is 26.3 Å². The van der Waals surface area contributed by atoms with E-state index in [1.54, 1.807) is 32.6 Å². The fraction of sp³-hybridized carbons (Fsp3) is 0.143. The molecule has 1 amide bonds. The summed E-state index contributed by atoms with van der Waals surface area (Å²) in [6.07, 6.45) is 1.55. The molecule has 1 N–H and O–H groups in total. The summed E-state index contributed by atoms with van der Waals surface area (Å²) in [5.74, 6) is 1.34. The van der Waals surface area contributed by atoms with Crippen LogP contribution in [0.25, 0.3) is 10.8 Å². The first-order chi connectivity index (χ1) is 16.6. The van der Waals surface area contributed by atoms with Gasteiger partial charge in [0.25, 0.3) is 5.91 Å². The van der Waals surface area contributed by atoms with E-state index in [4.69, 9.17) is 14.2 Å². The van der Waals surface area contributed by atoms with Crippen LogP contribution in [0.1, 0.15) is 27.0 Å². The molecule has 0 unspecified atom stereocenters. The highest BCUT2D eigenvalue weighted by Gasteiger charge is 2.13. The highest BCUT2D eigenvalue weighted by Crippen LogP contribution is 2.29. The Morgan fingerprint density at radius 3 is 2.35 bits per heavy atom. The number of hydrogen-bond acceptors (Lipinski definition) is 5. The van der Waals surface area contributed by atoms with Gasteiger partial charge in [0.2, 0.25) is 0 Å². The second-order valence-corrected chi connectivity index (χ2v) is 7.79. The summed E-state index contributed by atoms with van der Waals surface area (Å²) < 4.78 is 16.8. The first-order valence-electron chi connectivity index (χ1n) is 10.8. The molecule has 0 aliphatic carbocycles. The average Bonchev–Trinajstić information content (AvgIpc) is 2.86. The Hall–Kier alpha value is -4.32. The minimum absolute atomic E-state index is 0.357. The maximum atomic E-state index is 12.7. The molecule has 0 fully saturated rings. The molecule has 4 aromatic rings. The first-order valence-corrected chi connectivity index (χ1v) is 10.8. The van der Waals surface area contributed by atoms with E-state index in [0.717, 1.165) is 21.9 Å². The summed E-state index contributed by atoms with van der Waals surface area (Å²) in [7, 11) is 3.13. The number of amides is 1. The molecule has 4 aromatic carbocycles. The second kappa shape index (κ2) is 10.5. The number of nitrogens with zero attached hydrogens (tertiary/aromatic N) is 1. The zero-order valence-electron chi connectivity index (χ0n) is 19.4. The zero-order valence-corrected chi connectivity index (χ0v) is 19.4. The SMILES string of the molecule is COc1cc(C=NNC(=O)c2cc3ccccc3cc2OC)ccc1OCc1cccc(C)c1. The lowest BCUT2D eigenvalue weighted by Crippen LogP contribution is -2.18. The molecule has 0 aromatic heterocycles. The van der Waals surface area contributed by atoms with E-state index in [2.05, 4.69) is 16.6 Å². The van der Waals surface area contributed by atoms with Crippen molar-refractivity contribution in [3.05, 3.63) is 101 Å². The number of benzene rings is 4. The van der Waals surface area contributed by atoms with E-state index >= 15 is 0 Å². The summed E-state index contributed by atoms with van der Waals surface area (Å²) in [6, 6.07) is 25.1. The first kappa shape index (κ1) is 22.9. The lowest BCUT2D eigenvalue weighted by Gasteiger charge is -2.12. The van der Waals surface area contributed by atoms with Gasteiger partial charge in [0.15, 0.2) is 11.5 Å². The number of hydrazone groups is 1. The van der Waals surface area contributed by atoms with Crippen LogP contribution in [0.15, 0.2) is 84.0 Å². The minimum atomic E-state index is -0.357. The standard InChI is InChI=1S/C28H26N2O4/c1-19-7-6-8-21(13-19)18-34-25-12-11-20(14-27(25)33-3)17-29-30-28(31)24-15-22-9-4-5-10-23(22)16-26(24)32-2/h4-17H,18H2,1-3H3,(H,30,31). The molecular formula is C28H26N2O4. The Morgan fingerprint density at radius 1 is 0.853 bits per heavy atom. The lowest BCUT2D eigenvalue weighted by molar-refractivity contribution is 0.0952. The topological polar surface area (TPSA) is 69.2 Å². The number of nitrogens with one attached hydrogen (secondary N) is 1. The van der Waals surface area contributed by atoms with Crippen LogP contribution in [-0.2, 0) is 6.61 Å². The summed E-state index contributed by atoms with van der Waals surface area (Å²) in [6.45, 7) is 2.49. The zero-order chi connectivity index (χ0) is 23.9. The number of rotatable bonds is 8. The van der Waals surface area contributed by atoms with Gasteiger partial charge in [-0.25, -0.2) is 5.43 Å². The van der Waals surface area contributed by atoms with Crippen molar-refractivity contribution in [3.63, 3.8) is 0 Å². The molecule has 6 heteroatoms. The predicted molar refractivity (Wildman–Crippen MR) is 134 cm³/mol. The molecule has 0 atom stereocenters. The number of aryl methyl sites for hydroxylation is 1. The van der Waals surface area contributed by atoms with Gasteiger partial charge in [0.05, 0.1) is 26.0 Å². The fourth-order valence-corrected chi connectivity index (χ4v) is 3.64. The maximum Gasteiger partial charge on any atom is 0.275 e. The number of carbonyl (C=O) groups excluding carboxylic acids is 1. The van der Waals surface area contributed by atoms with Crippen LogP contribution < -0.4 is 19.6 Å². The van der Waals surface area contributed by atoms with Gasteiger partial charge >= 0.3 is 0 Å². The molecule has 172 valence electrons. The molecule has 0 saturated carbocycles. The van der Waals surface area contributed by atoms with Crippen LogP contribution in [0.5, 0.6) is 17.2 Å². The van der Waals surface area contributed by atoms with Gasteiger partial charge in [-0.15, -0.1) is 0 Å². The van der Waals surface area contributed by atoms with Gasteiger partial charge in [-0.3, -0.25) is 4.79 Å². The molecule has 6 nitrogen and oxygen atoms in total. The highest BCUT2D eigenvalue weighted by molar-refractivity contribution is 6.02. The van der Waals surface area contributed by atoms with Gasteiger partial charge in [0.1, 0.15) is 12.4 Å². The van der Waals surface area contributed by atoms with Crippen molar-refractivity contribution in [2.45, 2.75) is 13.5 Å². The fourth-order valence-electron chi connectivity index (χ4n) is 3.64. The summed E-state index contributed by atoms with van der Waals surface area (Å²) in [4.78, 5) is 12.7.